The second-order valence-electron chi connectivity index (χ2n) is 6.21. The molecule has 1 fully saturated rings. The minimum atomic E-state index is 0.147. The highest BCUT2D eigenvalue weighted by atomic mass is 16.2. The molecule has 0 saturated carbocycles. The maximum Gasteiger partial charge on any atom is 0.241 e. The predicted molar refractivity (Wildman–Crippen MR) is 97.4 cm³/mol. The van der Waals surface area contributed by atoms with Gasteiger partial charge in [-0.15, -0.1) is 0 Å². The Hall–Kier alpha value is -2.56. The quantitative estimate of drug-likeness (QED) is 0.938. The first-order valence-corrected chi connectivity index (χ1v) is 8.38. The molecule has 5 nitrogen and oxygen atoms in total. The molecule has 0 unspecified atom stereocenters. The number of hydrogen-bond acceptors (Lipinski definition) is 4. The number of hydrogen-bond donors (Lipinski definition) is 1. The SMILES string of the molecule is Cc1ccc(NCC(=O)N2CCN(c3ccccn3)CC2)cc1C. The molecule has 1 saturated heterocycles. The van der Waals surface area contributed by atoms with E-state index in [-0.39, 0.29) is 5.91 Å². The third-order valence-electron chi connectivity index (χ3n) is 4.56. The van der Waals surface area contributed by atoms with Crippen LogP contribution in [-0.4, -0.2) is 48.5 Å². The zero-order valence-electron chi connectivity index (χ0n) is 14.3. The summed E-state index contributed by atoms with van der Waals surface area (Å²) in [6.45, 7) is 7.64. The summed E-state index contributed by atoms with van der Waals surface area (Å²) in [6, 6.07) is 12.1. The summed E-state index contributed by atoms with van der Waals surface area (Å²) >= 11 is 0. The standard InChI is InChI=1S/C19H24N4O/c1-15-6-7-17(13-16(15)2)21-14-19(24)23-11-9-22(10-12-23)18-5-3-4-8-20-18/h3-8,13,21H,9-12,14H2,1-2H3. The van der Waals surface area contributed by atoms with Crippen molar-refractivity contribution < 1.29 is 4.79 Å². The Labute approximate surface area is 143 Å². The zero-order chi connectivity index (χ0) is 16.9. The van der Waals surface area contributed by atoms with Crippen molar-refractivity contribution in [3.63, 3.8) is 0 Å². The molecule has 0 aliphatic carbocycles. The van der Waals surface area contributed by atoms with Gasteiger partial charge in [0.2, 0.25) is 5.91 Å². The summed E-state index contributed by atoms with van der Waals surface area (Å²) < 4.78 is 0. The van der Waals surface area contributed by atoms with Gasteiger partial charge in [0, 0.05) is 38.1 Å². The molecule has 1 aliphatic rings. The molecule has 1 amide bonds. The molecule has 1 aliphatic heterocycles. The zero-order valence-corrected chi connectivity index (χ0v) is 14.3. The van der Waals surface area contributed by atoms with Crippen LogP contribution >= 0.6 is 0 Å². The van der Waals surface area contributed by atoms with Crippen molar-refractivity contribution >= 4 is 17.4 Å². The predicted octanol–water partition coefficient (Wildman–Crippen LogP) is 2.46. The number of rotatable bonds is 4. The van der Waals surface area contributed by atoms with Crippen LogP contribution in [0, 0.1) is 13.8 Å². The topological polar surface area (TPSA) is 48.5 Å². The molecule has 0 radical (unpaired) electrons. The van der Waals surface area contributed by atoms with Crippen molar-refractivity contribution in [2.75, 3.05) is 42.9 Å². The van der Waals surface area contributed by atoms with Crippen molar-refractivity contribution in [2.24, 2.45) is 0 Å². The highest BCUT2D eigenvalue weighted by molar-refractivity contribution is 5.81. The third kappa shape index (κ3) is 3.85. The minimum Gasteiger partial charge on any atom is -0.376 e. The van der Waals surface area contributed by atoms with Gasteiger partial charge in [-0.25, -0.2) is 4.98 Å². The van der Waals surface area contributed by atoms with Gasteiger partial charge in [-0.2, -0.15) is 0 Å². The molecule has 0 atom stereocenters. The van der Waals surface area contributed by atoms with E-state index in [9.17, 15) is 4.79 Å². The van der Waals surface area contributed by atoms with Crippen molar-refractivity contribution in [2.45, 2.75) is 13.8 Å². The summed E-state index contributed by atoms with van der Waals surface area (Å²) in [6.07, 6.45) is 1.81. The number of aromatic nitrogens is 1. The van der Waals surface area contributed by atoms with E-state index in [1.54, 1.807) is 6.20 Å². The molecule has 3 rings (SSSR count). The van der Waals surface area contributed by atoms with Gasteiger partial charge in [0.05, 0.1) is 6.54 Å². The second-order valence-corrected chi connectivity index (χ2v) is 6.21. The van der Waals surface area contributed by atoms with Crippen molar-refractivity contribution in [3.8, 4) is 0 Å². The lowest BCUT2D eigenvalue weighted by Crippen LogP contribution is -2.50. The van der Waals surface area contributed by atoms with Gasteiger partial charge in [-0.3, -0.25) is 4.79 Å². The Bertz CT molecular complexity index is 694. The molecule has 1 aromatic carbocycles. The van der Waals surface area contributed by atoms with Gasteiger partial charge in [-0.1, -0.05) is 12.1 Å². The summed E-state index contributed by atoms with van der Waals surface area (Å²) in [4.78, 5) is 20.9. The Morgan fingerprint density at radius 2 is 1.88 bits per heavy atom. The van der Waals surface area contributed by atoms with Crippen LogP contribution in [0.3, 0.4) is 0 Å². The fourth-order valence-corrected chi connectivity index (χ4v) is 2.87. The van der Waals surface area contributed by atoms with Crippen molar-refractivity contribution in [1.82, 2.24) is 9.88 Å². The van der Waals surface area contributed by atoms with Gasteiger partial charge in [0.1, 0.15) is 5.82 Å². The fraction of sp³-hybridized carbons (Fsp3) is 0.368. The van der Waals surface area contributed by atoms with Gasteiger partial charge >= 0.3 is 0 Å². The molecular formula is C19H24N4O. The summed E-state index contributed by atoms with van der Waals surface area (Å²) in [7, 11) is 0. The molecule has 0 bridgehead atoms. The molecule has 5 heteroatoms. The Kier molecular flexibility index (Phi) is 4.99. The molecule has 24 heavy (non-hydrogen) atoms. The highest BCUT2D eigenvalue weighted by Crippen LogP contribution is 2.15. The van der Waals surface area contributed by atoms with E-state index in [1.165, 1.54) is 11.1 Å². The van der Waals surface area contributed by atoms with Crippen LogP contribution in [-0.2, 0) is 4.79 Å². The molecule has 126 valence electrons. The number of benzene rings is 1. The Morgan fingerprint density at radius 3 is 2.54 bits per heavy atom. The largest absolute Gasteiger partial charge is 0.376 e. The number of pyridine rings is 1. The molecule has 1 aromatic heterocycles. The number of nitrogens with one attached hydrogen (secondary N) is 1. The number of carbonyl (C=O) groups excluding carboxylic acids is 1. The number of carbonyl (C=O) groups is 1. The lowest BCUT2D eigenvalue weighted by molar-refractivity contribution is -0.129. The van der Waals surface area contributed by atoms with E-state index >= 15 is 0 Å². The van der Waals surface area contributed by atoms with E-state index in [4.69, 9.17) is 0 Å². The summed E-state index contributed by atoms with van der Waals surface area (Å²) in [5, 5.41) is 3.24. The van der Waals surface area contributed by atoms with Crippen LogP contribution in [0.15, 0.2) is 42.6 Å². The highest BCUT2D eigenvalue weighted by Gasteiger charge is 2.21. The molecule has 2 heterocycles. The van der Waals surface area contributed by atoms with Crippen molar-refractivity contribution in [3.05, 3.63) is 53.7 Å². The average Bonchev–Trinajstić information content (AvgIpc) is 2.63. The smallest absolute Gasteiger partial charge is 0.241 e. The van der Waals surface area contributed by atoms with Crippen LogP contribution in [0.5, 0.6) is 0 Å². The normalized spacial score (nSPS) is 14.6. The Morgan fingerprint density at radius 1 is 1.08 bits per heavy atom. The first kappa shape index (κ1) is 16.3. The Balaban J connectivity index is 1.49. The van der Waals surface area contributed by atoms with Crippen LogP contribution < -0.4 is 10.2 Å². The van der Waals surface area contributed by atoms with E-state index in [2.05, 4.69) is 41.2 Å². The van der Waals surface area contributed by atoms with Crippen LogP contribution in [0.25, 0.3) is 0 Å². The first-order valence-electron chi connectivity index (χ1n) is 8.38. The number of anilines is 2. The molecule has 1 N–H and O–H groups in total. The number of piperazine rings is 1. The van der Waals surface area contributed by atoms with E-state index in [0.717, 1.165) is 37.7 Å². The van der Waals surface area contributed by atoms with E-state index in [0.29, 0.717) is 6.54 Å². The number of amides is 1. The summed E-state index contributed by atoms with van der Waals surface area (Å²) in [5.41, 5.74) is 3.49. The second kappa shape index (κ2) is 7.34. The molecule has 2 aromatic rings. The lowest BCUT2D eigenvalue weighted by atomic mass is 10.1. The van der Waals surface area contributed by atoms with Gasteiger partial charge in [0.15, 0.2) is 0 Å². The number of aryl methyl sites for hydroxylation is 2. The fourth-order valence-electron chi connectivity index (χ4n) is 2.87. The van der Waals surface area contributed by atoms with Crippen molar-refractivity contribution in [1.29, 1.82) is 0 Å². The van der Waals surface area contributed by atoms with Crippen LogP contribution in [0.2, 0.25) is 0 Å². The van der Waals surface area contributed by atoms with Crippen LogP contribution in [0.4, 0.5) is 11.5 Å². The summed E-state index contributed by atoms with van der Waals surface area (Å²) in [5.74, 6) is 1.13. The number of nitrogens with zero attached hydrogens (tertiary/aromatic N) is 3. The minimum absolute atomic E-state index is 0.147. The molecular weight excluding hydrogens is 300 g/mol. The maximum atomic E-state index is 12.4. The monoisotopic (exact) mass is 324 g/mol. The van der Waals surface area contributed by atoms with Gasteiger partial charge in [-0.05, 0) is 49.2 Å². The third-order valence-corrected chi connectivity index (χ3v) is 4.56. The molecule has 0 spiro atoms. The first-order chi connectivity index (χ1) is 11.6. The van der Waals surface area contributed by atoms with Crippen LogP contribution in [0.1, 0.15) is 11.1 Å². The lowest BCUT2D eigenvalue weighted by Gasteiger charge is -2.35. The van der Waals surface area contributed by atoms with Gasteiger partial charge < -0.3 is 15.1 Å². The van der Waals surface area contributed by atoms with Gasteiger partial charge in [0.25, 0.3) is 0 Å². The van der Waals surface area contributed by atoms with E-state index < -0.39 is 0 Å². The average molecular weight is 324 g/mol. The van der Waals surface area contributed by atoms with E-state index in [1.807, 2.05) is 29.2 Å². The maximum absolute atomic E-state index is 12.4.